The fraction of sp³-hybridized carbons (Fsp3) is 0.375. The molecule has 0 N–H and O–H groups in total. The summed E-state index contributed by atoms with van der Waals surface area (Å²) in [5.74, 6) is 0.364. The van der Waals surface area contributed by atoms with Gasteiger partial charge in [0.25, 0.3) is 11.1 Å². The smallest absolute Gasteiger partial charge is 0.293 e. The molecule has 0 aromatic heterocycles. The summed E-state index contributed by atoms with van der Waals surface area (Å²) in [6.45, 7) is 6.17. The van der Waals surface area contributed by atoms with Crippen LogP contribution in [0.15, 0.2) is 23.1 Å². The Balaban J connectivity index is 2.21. The Bertz CT molecular complexity index is 630. The average molecular weight is 340 g/mol. The van der Waals surface area contributed by atoms with Crippen LogP contribution in [0.1, 0.15) is 32.8 Å². The third kappa shape index (κ3) is 3.65. The number of carbonyl (C=O) groups is 2. The van der Waals surface area contributed by atoms with E-state index in [-0.39, 0.29) is 17.3 Å². The van der Waals surface area contributed by atoms with Gasteiger partial charge in [0.15, 0.2) is 0 Å². The molecule has 1 atom stereocenters. The predicted octanol–water partition coefficient (Wildman–Crippen LogP) is 4.57. The van der Waals surface area contributed by atoms with E-state index in [1.807, 2.05) is 19.9 Å². The first-order valence-corrected chi connectivity index (χ1v) is 8.37. The Kier molecular flexibility index (Phi) is 5.53. The van der Waals surface area contributed by atoms with E-state index < -0.39 is 0 Å². The molecule has 118 valence electrons. The largest absolute Gasteiger partial charge is 0.489 e. The van der Waals surface area contributed by atoms with Gasteiger partial charge in [-0.3, -0.25) is 14.5 Å². The standard InChI is InChI=1S/C16H18ClNO3S/c1-4-10(3)21-13-7-6-11(8-12(13)17)9-14-15(19)18(5-2)16(20)22-14/h6-10H,4-5H2,1-3H3. The number of imide groups is 1. The number of rotatable bonds is 5. The number of benzene rings is 1. The number of thioether (sulfide) groups is 1. The molecule has 1 aromatic rings. The Hall–Kier alpha value is -1.46. The fourth-order valence-corrected chi connectivity index (χ4v) is 3.06. The molecule has 22 heavy (non-hydrogen) atoms. The van der Waals surface area contributed by atoms with Gasteiger partial charge in [-0.1, -0.05) is 24.6 Å². The lowest BCUT2D eigenvalue weighted by atomic mass is 10.2. The molecule has 0 bridgehead atoms. The predicted molar refractivity (Wildman–Crippen MR) is 90.2 cm³/mol. The topological polar surface area (TPSA) is 46.6 Å². The van der Waals surface area contributed by atoms with Crippen molar-refractivity contribution in [3.63, 3.8) is 0 Å². The quantitative estimate of drug-likeness (QED) is 0.737. The number of halogens is 1. The molecule has 2 amide bonds. The van der Waals surface area contributed by atoms with Crippen molar-refractivity contribution in [2.24, 2.45) is 0 Å². The van der Waals surface area contributed by atoms with Crippen molar-refractivity contribution in [3.05, 3.63) is 33.7 Å². The summed E-state index contributed by atoms with van der Waals surface area (Å²) in [5, 5.41) is 0.255. The first-order valence-electron chi connectivity index (χ1n) is 7.17. The highest BCUT2D eigenvalue weighted by Crippen LogP contribution is 2.33. The fourth-order valence-electron chi connectivity index (χ4n) is 1.93. The van der Waals surface area contributed by atoms with E-state index in [1.54, 1.807) is 25.1 Å². The van der Waals surface area contributed by atoms with Crippen molar-refractivity contribution in [1.82, 2.24) is 4.90 Å². The number of amides is 2. The highest BCUT2D eigenvalue weighted by Gasteiger charge is 2.33. The Morgan fingerprint density at radius 2 is 2.09 bits per heavy atom. The van der Waals surface area contributed by atoms with Crippen LogP contribution >= 0.6 is 23.4 Å². The van der Waals surface area contributed by atoms with E-state index in [9.17, 15) is 9.59 Å². The van der Waals surface area contributed by atoms with Gasteiger partial charge in [0.1, 0.15) is 5.75 Å². The number of hydrogen-bond donors (Lipinski definition) is 0. The van der Waals surface area contributed by atoms with Gasteiger partial charge in [0.05, 0.1) is 16.0 Å². The molecule has 0 aliphatic carbocycles. The Morgan fingerprint density at radius 3 is 2.64 bits per heavy atom. The minimum Gasteiger partial charge on any atom is -0.489 e. The summed E-state index contributed by atoms with van der Waals surface area (Å²) < 4.78 is 5.70. The zero-order valence-corrected chi connectivity index (χ0v) is 14.3. The summed E-state index contributed by atoms with van der Waals surface area (Å²) in [6, 6.07) is 5.34. The number of ether oxygens (including phenoxy) is 1. The van der Waals surface area contributed by atoms with Crippen LogP contribution in [0.3, 0.4) is 0 Å². The summed E-state index contributed by atoms with van der Waals surface area (Å²) >= 11 is 7.16. The summed E-state index contributed by atoms with van der Waals surface area (Å²) in [5.41, 5.74) is 0.767. The number of hydrogen-bond acceptors (Lipinski definition) is 4. The van der Waals surface area contributed by atoms with Crippen LogP contribution in [0.2, 0.25) is 5.02 Å². The highest BCUT2D eigenvalue weighted by atomic mass is 35.5. The zero-order chi connectivity index (χ0) is 16.3. The molecule has 0 spiro atoms. The van der Waals surface area contributed by atoms with Crippen LogP contribution in [-0.4, -0.2) is 28.7 Å². The lowest BCUT2D eigenvalue weighted by Crippen LogP contribution is -2.27. The van der Waals surface area contributed by atoms with Gasteiger partial charge < -0.3 is 4.74 Å². The number of nitrogens with zero attached hydrogens (tertiary/aromatic N) is 1. The molecule has 0 radical (unpaired) electrons. The second-order valence-electron chi connectivity index (χ2n) is 4.95. The molecule has 4 nitrogen and oxygen atoms in total. The lowest BCUT2D eigenvalue weighted by Gasteiger charge is -2.14. The Morgan fingerprint density at radius 1 is 1.36 bits per heavy atom. The molecule has 1 aliphatic rings. The molecular formula is C16H18ClNO3S. The SMILES string of the molecule is CCC(C)Oc1ccc(C=C2SC(=O)N(CC)C2=O)cc1Cl. The Labute approximate surface area is 139 Å². The molecule has 1 aromatic carbocycles. The second kappa shape index (κ2) is 7.20. The second-order valence-corrected chi connectivity index (χ2v) is 6.35. The maximum Gasteiger partial charge on any atom is 0.293 e. The molecule has 1 aliphatic heterocycles. The van der Waals surface area contributed by atoms with Gasteiger partial charge in [0, 0.05) is 6.54 Å². The summed E-state index contributed by atoms with van der Waals surface area (Å²) in [6.07, 6.45) is 2.66. The van der Waals surface area contributed by atoms with Gasteiger partial charge >= 0.3 is 0 Å². The minimum atomic E-state index is -0.256. The summed E-state index contributed by atoms with van der Waals surface area (Å²) in [4.78, 5) is 25.4. The molecule has 6 heteroatoms. The van der Waals surface area contributed by atoms with E-state index in [4.69, 9.17) is 16.3 Å². The van der Waals surface area contributed by atoms with Crippen LogP contribution in [0.5, 0.6) is 5.75 Å². The maximum absolute atomic E-state index is 12.0. The van der Waals surface area contributed by atoms with E-state index in [1.165, 1.54) is 4.90 Å². The first-order chi connectivity index (χ1) is 10.5. The summed E-state index contributed by atoms with van der Waals surface area (Å²) in [7, 11) is 0. The molecule has 1 saturated heterocycles. The van der Waals surface area contributed by atoms with Crippen molar-refractivity contribution in [2.45, 2.75) is 33.3 Å². The normalized spacial score (nSPS) is 18.2. The molecule has 1 heterocycles. The third-order valence-electron chi connectivity index (χ3n) is 3.35. The molecule has 1 unspecified atom stereocenters. The monoisotopic (exact) mass is 339 g/mol. The van der Waals surface area contributed by atoms with Gasteiger partial charge in [-0.05, 0) is 55.8 Å². The number of carbonyl (C=O) groups excluding carboxylic acids is 2. The molecule has 2 rings (SSSR count). The van der Waals surface area contributed by atoms with E-state index >= 15 is 0 Å². The van der Waals surface area contributed by atoms with Crippen molar-refractivity contribution in [3.8, 4) is 5.75 Å². The van der Waals surface area contributed by atoms with Gasteiger partial charge in [-0.25, -0.2) is 0 Å². The van der Waals surface area contributed by atoms with E-state index in [2.05, 4.69) is 0 Å². The van der Waals surface area contributed by atoms with Crippen molar-refractivity contribution in [2.75, 3.05) is 6.54 Å². The van der Waals surface area contributed by atoms with Crippen molar-refractivity contribution < 1.29 is 14.3 Å². The number of likely N-dealkylation sites (N-methyl/N-ethyl adjacent to an activating group) is 1. The van der Waals surface area contributed by atoms with Gasteiger partial charge in [0.2, 0.25) is 0 Å². The van der Waals surface area contributed by atoms with Crippen molar-refractivity contribution >= 4 is 40.6 Å². The van der Waals surface area contributed by atoms with E-state index in [0.717, 1.165) is 23.7 Å². The lowest BCUT2D eigenvalue weighted by molar-refractivity contribution is -0.122. The van der Waals surface area contributed by atoms with E-state index in [0.29, 0.717) is 22.2 Å². The molecule has 0 saturated carbocycles. The van der Waals surface area contributed by atoms with Gasteiger partial charge in [-0.2, -0.15) is 0 Å². The highest BCUT2D eigenvalue weighted by molar-refractivity contribution is 8.18. The van der Waals surface area contributed by atoms with Gasteiger partial charge in [-0.15, -0.1) is 0 Å². The van der Waals surface area contributed by atoms with Crippen LogP contribution in [0, 0.1) is 0 Å². The van der Waals surface area contributed by atoms with Crippen LogP contribution in [0.25, 0.3) is 6.08 Å². The third-order valence-corrected chi connectivity index (χ3v) is 4.55. The average Bonchev–Trinajstić information content (AvgIpc) is 2.75. The first kappa shape index (κ1) is 16.9. The molecule has 1 fully saturated rings. The van der Waals surface area contributed by atoms with Crippen LogP contribution in [0.4, 0.5) is 4.79 Å². The zero-order valence-electron chi connectivity index (χ0n) is 12.8. The molecular weight excluding hydrogens is 322 g/mol. The van der Waals surface area contributed by atoms with Crippen LogP contribution < -0.4 is 4.74 Å². The van der Waals surface area contributed by atoms with Crippen molar-refractivity contribution in [1.29, 1.82) is 0 Å². The van der Waals surface area contributed by atoms with Crippen LogP contribution in [-0.2, 0) is 4.79 Å². The maximum atomic E-state index is 12.0. The minimum absolute atomic E-state index is 0.0874.